The Morgan fingerprint density at radius 2 is 1.79 bits per heavy atom. The first-order valence-electron chi connectivity index (χ1n) is 5.70. The number of rotatable bonds is 3. The standard InChI is InChI=1S/C14H10N2O2S/c19-14-16-15-13(18-14)10-5-4-8-12(9-10)17-11-6-2-1-3-7-11/h1-9H,(H,16,19). The highest BCUT2D eigenvalue weighted by atomic mass is 32.1. The monoisotopic (exact) mass is 270 g/mol. The van der Waals surface area contributed by atoms with Crippen LogP contribution in [-0.2, 0) is 0 Å². The van der Waals surface area contributed by atoms with Crippen LogP contribution in [0.25, 0.3) is 11.5 Å². The topological polar surface area (TPSA) is 51.0 Å². The molecule has 0 saturated carbocycles. The molecule has 5 heteroatoms. The highest BCUT2D eigenvalue weighted by Crippen LogP contribution is 2.26. The molecule has 0 amide bonds. The molecule has 0 bridgehead atoms. The lowest BCUT2D eigenvalue weighted by Crippen LogP contribution is -1.85. The number of benzene rings is 2. The minimum atomic E-state index is 0.254. The van der Waals surface area contributed by atoms with Gasteiger partial charge in [0.15, 0.2) is 0 Å². The average Bonchev–Trinajstić information content (AvgIpc) is 2.87. The lowest BCUT2D eigenvalue weighted by molar-refractivity contribution is 0.482. The maximum atomic E-state index is 5.74. The molecule has 0 aliphatic rings. The van der Waals surface area contributed by atoms with E-state index < -0.39 is 0 Å². The zero-order valence-electron chi connectivity index (χ0n) is 9.87. The molecule has 0 aliphatic carbocycles. The minimum Gasteiger partial charge on any atom is -0.457 e. The van der Waals surface area contributed by atoms with Crippen molar-refractivity contribution in [2.24, 2.45) is 0 Å². The Hall–Kier alpha value is -2.40. The van der Waals surface area contributed by atoms with Crippen molar-refractivity contribution in [3.05, 3.63) is 59.4 Å². The van der Waals surface area contributed by atoms with Gasteiger partial charge in [-0.25, -0.2) is 5.10 Å². The summed E-state index contributed by atoms with van der Waals surface area (Å²) in [6.45, 7) is 0. The number of aromatic amines is 1. The first-order chi connectivity index (χ1) is 9.31. The van der Waals surface area contributed by atoms with E-state index in [1.54, 1.807) is 0 Å². The van der Waals surface area contributed by atoms with E-state index in [9.17, 15) is 0 Å². The molecule has 3 aromatic rings. The number of hydrogen-bond donors (Lipinski definition) is 1. The van der Waals surface area contributed by atoms with Gasteiger partial charge in [-0.05, 0) is 42.5 Å². The predicted molar refractivity (Wildman–Crippen MR) is 73.6 cm³/mol. The van der Waals surface area contributed by atoms with E-state index >= 15 is 0 Å². The van der Waals surface area contributed by atoms with Gasteiger partial charge >= 0.3 is 0 Å². The lowest BCUT2D eigenvalue weighted by atomic mass is 10.2. The molecular weight excluding hydrogens is 260 g/mol. The van der Waals surface area contributed by atoms with Gasteiger partial charge in [-0.15, -0.1) is 5.10 Å². The summed E-state index contributed by atoms with van der Waals surface area (Å²) in [5.74, 6) is 1.94. The molecule has 0 saturated heterocycles. The molecule has 0 unspecified atom stereocenters. The van der Waals surface area contributed by atoms with Crippen LogP contribution in [0.4, 0.5) is 0 Å². The Morgan fingerprint density at radius 1 is 1.00 bits per heavy atom. The minimum absolute atomic E-state index is 0.254. The molecule has 0 fully saturated rings. The third kappa shape index (κ3) is 2.71. The number of nitrogens with one attached hydrogen (secondary N) is 1. The Balaban J connectivity index is 1.90. The summed E-state index contributed by atoms with van der Waals surface area (Å²) in [7, 11) is 0. The molecule has 1 N–H and O–H groups in total. The zero-order valence-corrected chi connectivity index (χ0v) is 10.7. The second-order valence-electron chi connectivity index (χ2n) is 3.86. The summed E-state index contributed by atoms with van der Waals surface area (Å²) in [6.07, 6.45) is 0. The van der Waals surface area contributed by atoms with Crippen LogP contribution in [-0.4, -0.2) is 10.2 Å². The fourth-order valence-corrected chi connectivity index (χ4v) is 1.80. The normalized spacial score (nSPS) is 10.3. The first kappa shape index (κ1) is 11.7. The Labute approximate surface area is 114 Å². The number of H-pyrrole nitrogens is 1. The fraction of sp³-hybridized carbons (Fsp3) is 0. The SMILES string of the molecule is S=c1[nH]nc(-c2cccc(Oc3ccccc3)c2)o1. The Morgan fingerprint density at radius 3 is 2.53 bits per heavy atom. The summed E-state index contributed by atoms with van der Waals surface area (Å²) >= 11 is 4.85. The van der Waals surface area contributed by atoms with Crippen molar-refractivity contribution in [2.75, 3.05) is 0 Å². The highest BCUT2D eigenvalue weighted by Gasteiger charge is 2.05. The largest absolute Gasteiger partial charge is 0.457 e. The smallest absolute Gasteiger partial charge is 0.284 e. The molecule has 1 heterocycles. The van der Waals surface area contributed by atoms with E-state index in [1.807, 2.05) is 54.6 Å². The van der Waals surface area contributed by atoms with E-state index in [0.29, 0.717) is 11.6 Å². The lowest BCUT2D eigenvalue weighted by Gasteiger charge is -2.05. The molecular formula is C14H10N2O2S. The van der Waals surface area contributed by atoms with E-state index in [1.165, 1.54) is 0 Å². The van der Waals surface area contributed by atoms with Crippen molar-refractivity contribution in [3.63, 3.8) is 0 Å². The number of ether oxygens (including phenoxy) is 1. The molecule has 3 rings (SSSR count). The van der Waals surface area contributed by atoms with Gasteiger partial charge in [-0.2, -0.15) is 0 Å². The quantitative estimate of drug-likeness (QED) is 0.725. The second-order valence-corrected chi connectivity index (χ2v) is 4.23. The molecule has 19 heavy (non-hydrogen) atoms. The molecule has 0 atom stereocenters. The second kappa shape index (κ2) is 5.07. The number of aromatic nitrogens is 2. The van der Waals surface area contributed by atoms with E-state index in [2.05, 4.69) is 10.2 Å². The first-order valence-corrected chi connectivity index (χ1v) is 6.11. The summed E-state index contributed by atoms with van der Waals surface area (Å²) in [6, 6.07) is 17.1. The maximum Gasteiger partial charge on any atom is 0.284 e. The van der Waals surface area contributed by atoms with Crippen LogP contribution in [0.15, 0.2) is 59.0 Å². The van der Waals surface area contributed by atoms with Crippen molar-refractivity contribution in [3.8, 4) is 23.0 Å². The number of para-hydroxylation sites is 1. The predicted octanol–water partition coefficient (Wildman–Crippen LogP) is 4.19. The van der Waals surface area contributed by atoms with Crippen LogP contribution in [0.2, 0.25) is 0 Å². The van der Waals surface area contributed by atoms with Gasteiger partial charge in [0, 0.05) is 5.56 Å². The summed E-state index contributed by atoms with van der Waals surface area (Å²) < 4.78 is 11.0. The van der Waals surface area contributed by atoms with E-state index in [0.717, 1.165) is 11.3 Å². The zero-order chi connectivity index (χ0) is 13.1. The summed E-state index contributed by atoms with van der Waals surface area (Å²) in [5.41, 5.74) is 0.806. The van der Waals surface area contributed by atoms with E-state index in [4.69, 9.17) is 21.4 Å². The van der Waals surface area contributed by atoms with Crippen molar-refractivity contribution in [2.45, 2.75) is 0 Å². The van der Waals surface area contributed by atoms with E-state index in [-0.39, 0.29) is 4.84 Å². The average molecular weight is 270 g/mol. The fourth-order valence-electron chi connectivity index (χ4n) is 1.67. The van der Waals surface area contributed by atoms with Crippen LogP contribution in [0.1, 0.15) is 0 Å². The molecule has 2 aromatic carbocycles. The molecule has 1 aromatic heterocycles. The van der Waals surface area contributed by atoms with Gasteiger partial charge < -0.3 is 9.15 Å². The van der Waals surface area contributed by atoms with Gasteiger partial charge in [0.1, 0.15) is 11.5 Å². The van der Waals surface area contributed by atoms with Crippen molar-refractivity contribution in [1.82, 2.24) is 10.2 Å². The maximum absolute atomic E-state index is 5.74. The van der Waals surface area contributed by atoms with Gasteiger partial charge in [-0.3, -0.25) is 0 Å². The number of nitrogens with zero attached hydrogens (tertiary/aromatic N) is 1. The van der Waals surface area contributed by atoms with Gasteiger partial charge in [0.25, 0.3) is 4.84 Å². The van der Waals surface area contributed by atoms with Gasteiger partial charge in [0.05, 0.1) is 0 Å². The van der Waals surface area contributed by atoms with Crippen molar-refractivity contribution >= 4 is 12.2 Å². The van der Waals surface area contributed by atoms with Crippen LogP contribution < -0.4 is 4.74 Å². The molecule has 0 spiro atoms. The number of hydrogen-bond acceptors (Lipinski definition) is 4. The molecule has 94 valence electrons. The Kier molecular flexibility index (Phi) is 3.12. The van der Waals surface area contributed by atoms with Crippen molar-refractivity contribution in [1.29, 1.82) is 0 Å². The molecule has 4 nitrogen and oxygen atoms in total. The third-order valence-electron chi connectivity index (χ3n) is 2.50. The summed E-state index contributed by atoms with van der Waals surface area (Å²) in [4.78, 5) is 0.254. The molecule has 0 aliphatic heterocycles. The van der Waals surface area contributed by atoms with Crippen LogP contribution >= 0.6 is 12.2 Å². The van der Waals surface area contributed by atoms with Gasteiger partial charge in [-0.1, -0.05) is 24.3 Å². The Bertz CT molecular complexity index is 734. The van der Waals surface area contributed by atoms with Crippen LogP contribution in [0.3, 0.4) is 0 Å². The highest BCUT2D eigenvalue weighted by molar-refractivity contribution is 7.71. The van der Waals surface area contributed by atoms with Crippen LogP contribution in [0.5, 0.6) is 11.5 Å². The summed E-state index contributed by atoms with van der Waals surface area (Å²) in [5, 5.41) is 6.58. The van der Waals surface area contributed by atoms with Crippen molar-refractivity contribution < 1.29 is 9.15 Å². The molecule has 0 radical (unpaired) electrons. The van der Waals surface area contributed by atoms with Crippen LogP contribution in [0, 0.1) is 4.84 Å². The van der Waals surface area contributed by atoms with Gasteiger partial charge in [0.2, 0.25) is 5.89 Å². The third-order valence-corrected chi connectivity index (χ3v) is 2.67.